The summed E-state index contributed by atoms with van der Waals surface area (Å²) in [6.07, 6.45) is 1.89. The molecule has 0 aromatic carbocycles. The van der Waals surface area contributed by atoms with Gasteiger partial charge in [0.05, 0.1) is 5.41 Å². The predicted molar refractivity (Wildman–Crippen MR) is 60.3 cm³/mol. The molecule has 0 aliphatic rings. The summed E-state index contributed by atoms with van der Waals surface area (Å²) in [6.45, 7) is 5.26. The van der Waals surface area contributed by atoms with Crippen molar-refractivity contribution in [3.63, 3.8) is 0 Å². The molecule has 84 valence electrons. The van der Waals surface area contributed by atoms with Gasteiger partial charge in [0.1, 0.15) is 0 Å². The summed E-state index contributed by atoms with van der Waals surface area (Å²) in [5, 5.41) is 5.91. The fourth-order valence-corrected chi connectivity index (χ4v) is 1.41. The predicted octanol–water partition coefficient (Wildman–Crippen LogP) is 0.876. The number of carbonyl (C=O) groups is 1. The van der Waals surface area contributed by atoms with Gasteiger partial charge in [-0.15, -0.1) is 0 Å². The van der Waals surface area contributed by atoms with Gasteiger partial charge in [-0.25, -0.2) is 0 Å². The van der Waals surface area contributed by atoms with Gasteiger partial charge in [-0.05, 0) is 26.0 Å². The lowest BCUT2D eigenvalue weighted by Crippen LogP contribution is -2.41. The first kappa shape index (κ1) is 11.8. The van der Waals surface area contributed by atoms with Gasteiger partial charge < -0.3 is 15.6 Å². The molecular formula is C11H19N3O. The zero-order chi connectivity index (χ0) is 11.3. The lowest BCUT2D eigenvalue weighted by atomic mass is 9.92. The quantitative estimate of drug-likeness (QED) is 0.674. The average Bonchev–Trinajstić information content (AvgIpc) is 2.69. The number of rotatable bonds is 5. The average molecular weight is 209 g/mol. The van der Waals surface area contributed by atoms with Crippen LogP contribution in [0.4, 0.5) is 0 Å². The second kappa shape index (κ2) is 4.98. The first-order chi connectivity index (χ1) is 7.06. The van der Waals surface area contributed by atoms with Crippen LogP contribution in [-0.2, 0) is 11.3 Å². The SMILES string of the molecule is CNC(=O)C(C)(C)CNCc1ccc[nH]1. The van der Waals surface area contributed by atoms with Crippen molar-refractivity contribution in [1.29, 1.82) is 0 Å². The number of hydrogen-bond acceptors (Lipinski definition) is 2. The van der Waals surface area contributed by atoms with Crippen molar-refractivity contribution < 1.29 is 4.79 Å². The van der Waals surface area contributed by atoms with Crippen LogP contribution in [0.2, 0.25) is 0 Å². The Morgan fingerprint density at radius 1 is 1.53 bits per heavy atom. The molecule has 0 aliphatic heterocycles. The molecule has 1 amide bonds. The molecule has 0 spiro atoms. The highest BCUT2D eigenvalue weighted by atomic mass is 16.2. The summed E-state index contributed by atoms with van der Waals surface area (Å²) in [6, 6.07) is 3.97. The largest absolute Gasteiger partial charge is 0.364 e. The van der Waals surface area contributed by atoms with Crippen LogP contribution in [0.5, 0.6) is 0 Å². The molecule has 3 N–H and O–H groups in total. The van der Waals surface area contributed by atoms with Crippen molar-refractivity contribution in [3.05, 3.63) is 24.0 Å². The summed E-state index contributed by atoms with van der Waals surface area (Å²) in [7, 11) is 1.66. The van der Waals surface area contributed by atoms with Crippen molar-refractivity contribution >= 4 is 5.91 Å². The van der Waals surface area contributed by atoms with E-state index in [-0.39, 0.29) is 11.3 Å². The standard InChI is InChI=1S/C11H19N3O/c1-11(2,10(15)12-3)8-13-7-9-5-4-6-14-9/h4-6,13-14H,7-8H2,1-3H3,(H,12,15). The topological polar surface area (TPSA) is 56.9 Å². The molecule has 15 heavy (non-hydrogen) atoms. The lowest BCUT2D eigenvalue weighted by molar-refractivity contribution is -0.128. The normalized spacial score (nSPS) is 11.4. The number of H-pyrrole nitrogens is 1. The number of carbonyl (C=O) groups excluding carboxylic acids is 1. The number of hydrogen-bond donors (Lipinski definition) is 3. The molecule has 1 aromatic rings. The molecule has 4 heteroatoms. The highest BCUT2D eigenvalue weighted by Gasteiger charge is 2.25. The number of aromatic amines is 1. The van der Waals surface area contributed by atoms with Crippen LogP contribution in [0.25, 0.3) is 0 Å². The van der Waals surface area contributed by atoms with E-state index in [0.717, 1.165) is 12.2 Å². The first-order valence-electron chi connectivity index (χ1n) is 5.11. The summed E-state index contributed by atoms with van der Waals surface area (Å²) in [5.74, 6) is 0.0569. The fourth-order valence-electron chi connectivity index (χ4n) is 1.41. The molecule has 1 heterocycles. The molecule has 0 atom stereocenters. The van der Waals surface area contributed by atoms with Crippen LogP contribution in [0.3, 0.4) is 0 Å². The van der Waals surface area contributed by atoms with Gasteiger partial charge in [0.15, 0.2) is 0 Å². The van der Waals surface area contributed by atoms with Crippen molar-refractivity contribution in [2.45, 2.75) is 20.4 Å². The lowest BCUT2D eigenvalue weighted by Gasteiger charge is -2.22. The maximum Gasteiger partial charge on any atom is 0.226 e. The van der Waals surface area contributed by atoms with Crippen molar-refractivity contribution in [2.75, 3.05) is 13.6 Å². The maximum absolute atomic E-state index is 11.5. The minimum atomic E-state index is -0.374. The van der Waals surface area contributed by atoms with Crippen LogP contribution in [-0.4, -0.2) is 24.5 Å². The zero-order valence-electron chi connectivity index (χ0n) is 9.55. The first-order valence-corrected chi connectivity index (χ1v) is 5.11. The van der Waals surface area contributed by atoms with Crippen molar-refractivity contribution in [2.24, 2.45) is 5.41 Å². The van der Waals surface area contributed by atoms with E-state index in [0.29, 0.717) is 6.54 Å². The molecule has 0 unspecified atom stereocenters. The van der Waals surface area contributed by atoms with E-state index in [9.17, 15) is 4.79 Å². The Morgan fingerprint density at radius 2 is 2.27 bits per heavy atom. The van der Waals surface area contributed by atoms with Crippen LogP contribution in [0.1, 0.15) is 19.5 Å². The monoisotopic (exact) mass is 209 g/mol. The van der Waals surface area contributed by atoms with E-state index in [4.69, 9.17) is 0 Å². The van der Waals surface area contributed by atoms with Gasteiger partial charge in [0.25, 0.3) is 0 Å². The third-order valence-electron chi connectivity index (χ3n) is 2.39. The second-order valence-corrected chi connectivity index (χ2v) is 4.26. The molecule has 0 bridgehead atoms. The molecule has 0 saturated heterocycles. The van der Waals surface area contributed by atoms with Crippen molar-refractivity contribution in [1.82, 2.24) is 15.6 Å². The highest BCUT2D eigenvalue weighted by Crippen LogP contribution is 2.13. The van der Waals surface area contributed by atoms with Crippen molar-refractivity contribution in [3.8, 4) is 0 Å². The van der Waals surface area contributed by atoms with Gasteiger partial charge in [-0.2, -0.15) is 0 Å². The van der Waals surface area contributed by atoms with Crippen LogP contribution in [0.15, 0.2) is 18.3 Å². The number of aromatic nitrogens is 1. The summed E-state index contributed by atoms with van der Waals surface area (Å²) < 4.78 is 0. The Hall–Kier alpha value is -1.29. The minimum absolute atomic E-state index is 0.0569. The Balaban J connectivity index is 2.33. The summed E-state index contributed by atoms with van der Waals surface area (Å²) in [4.78, 5) is 14.6. The Labute approximate surface area is 90.5 Å². The molecule has 1 aromatic heterocycles. The van der Waals surface area contributed by atoms with E-state index >= 15 is 0 Å². The van der Waals surface area contributed by atoms with Crippen LogP contribution >= 0.6 is 0 Å². The minimum Gasteiger partial charge on any atom is -0.364 e. The van der Waals surface area contributed by atoms with Gasteiger partial charge in [-0.3, -0.25) is 4.79 Å². The molecule has 0 radical (unpaired) electrons. The summed E-state index contributed by atoms with van der Waals surface area (Å²) in [5.41, 5.74) is 0.754. The smallest absolute Gasteiger partial charge is 0.226 e. The van der Waals surface area contributed by atoms with E-state index in [2.05, 4.69) is 15.6 Å². The molecule has 0 aliphatic carbocycles. The maximum atomic E-state index is 11.5. The molecule has 0 saturated carbocycles. The Kier molecular flexibility index (Phi) is 3.91. The van der Waals surface area contributed by atoms with Gasteiger partial charge in [-0.1, -0.05) is 0 Å². The van der Waals surface area contributed by atoms with Crippen LogP contribution < -0.4 is 10.6 Å². The van der Waals surface area contributed by atoms with E-state index < -0.39 is 0 Å². The third-order valence-corrected chi connectivity index (χ3v) is 2.39. The Morgan fingerprint density at radius 3 is 2.80 bits per heavy atom. The van der Waals surface area contributed by atoms with Gasteiger partial charge >= 0.3 is 0 Å². The molecule has 4 nitrogen and oxygen atoms in total. The number of nitrogens with one attached hydrogen (secondary N) is 3. The molecular weight excluding hydrogens is 190 g/mol. The summed E-state index contributed by atoms with van der Waals surface area (Å²) >= 11 is 0. The Bertz CT molecular complexity index is 304. The van der Waals surface area contributed by atoms with E-state index in [1.54, 1.807) is 7.05 Å². The van der Waals surface area contributed by atoms with Gasteiger partial charge in [0, 0.05) is 32.0 Å². The zero-order valence-corrected chi connectivity index (χ0v) is 9.55. The van der Waals surface area contributed by atoms with E-state index in [1.165, 1.54) is 0 Å². The third kappa shape index (κ3) is 3.40. The molecule has 1 rings (SSSR count). The second-order valence-electron chi connectivity index (χ2n) is 4.26. The van der Waals surface area contributed by atoms with Crippen LogP contribution in [0, 0.1) is 5.41 Å². The van der Waals surface area contributed by atoms with E-state index in [1.807, 2.05) is 32.2 Å². The fraction of sp³-hybridized carbons (Fsp3) is 0.545. The highest BCUT2D eigenvalue weighted by molar-refractivity contribution is 5.81. The number of amides is 1. The molecule has 0 fully saturated rings. The van der Waals surface area contributed by atoms with Gasteiger partial charge in [0.2, 0.25) is 5.91 Å².